The van der Waals surface area contributed by atoms with E-state index in [-0.39, 0.29) is 17.4 Å². The molecular weight excluding hydrogens is 348 g/mol. The first-order chi connectivity index (χ1) is 13.1. The van der Waals surface area contributed by atoms with Gasteiger partial charge in [-0.25, -0.2) is 0 Å². The fourth-order valence-corrected chi connectivity index (χ4v) is 2.49. The lowest BCUT2D eigenvalue weighted by atomic mass is 10.3. The predicted molar refractivity (Wildman–Crippen MR) is 98.5 cm³/mol. The van der Waals surface area contributed by atoms with Crippen molar-refractivity contribution in [2.75, 3.05) is 11.9 Å². The maximum atomic E-state index is 12.5. The SMILES string of the molecule is CCCNC(=O)c1nn(CC)cc1NC(=O)c1ccc(Cn2cccn2)o1. The van der Waals surface area contributed by atoms with Gasteiger partial charge >= 0.3 is 0 Å². The highest BCUT2D eigenvalue weighted by Crippen LogP contribution is 2.17. The number of anilines is 1. The quantitative estimate of drug-likeness (QED) is 0.632. The van der Waals surface area contributed by atoms with E-state index in [1.165, 1.54) is 0 Å². The molecule has 9 heteroatoms. The van der Waals surface area contributed by atoms with Crippen LogP contribution in [0.15, 0.2) is 41.2 Å². The second-order valence-electron chi connectivity index (χ2n) is 5.93. The van der Waals surface area contributed by atoms with Crippen molar-refractivity contribution in [1.82, 2.24) is 24.9 Å². The number of carbonyl (C=O) groups excluding carboxylic acids is 2. The van der Waals surface area contributed by atoms with Gasteiger partial charge in [-0.15, -0.1) is 0 Å². The number of furan rings is 1. The zero-order valence-corrected chi connectivity index (χ0v) is 15.3. The van der Waals surface area contributed by atoms with Gasteiger partial charge in [0.1, 0.15) is 5.76 Å². The molecule has 3 rings (SSSR count). The summed E-state index contributed by atoms with van der Waals surface area (Å²) >= 11 is 0. The third kappa shape index (κ3) is 4.43. The highest BCUT2D eigenvalue weighted by atomic mass is 16.4. The van der Waals surface area contributed by atoms with Gasteiger partial charge in [0.25, 0.3) is 11.8 Å². The van der Waals surface area contributed by atoms with E-state index in [0.29, 0.717) is 31.1 Å². The van der Waals surface area contributed by atoms with Crippen LogP contribution in [-0.2, 0) is 13.1 Å². The summed E-state index contributed by atoms with van der Waals surface area (Å²) in [6.07, 6.45) is 5.93. The molecule has 2 N–H and O–H groups in total. The van der Waals surface area contributed by atoms with Crippen LogP contribution >= 0.6 is 0 Å². The topological polar surface area (TPSA) is 107 Å². The Hall–Kier alpha value is -3.36. The van der Waals surface area contributed by atoms with E-state index < -0.39 is 5.91 Å². The minimum absolute atomic E-state index is 0.154. The van der Waals surface area contributed by atoms with Gasteiger partial charge < -0.3 is 15.1 Å². The van der Waals surface area contributed by atoms with Crippen molar-refractivity contribution in [3.05, 3.63) is 54.0 Å². The maximum absolute atomic E-state index is 12.5. The van der Waals surface area contributed by atoms with Gasteiger partial charge in [-0.1, -0.05) is 6.92 Å². The molecule has 0 aliphatic heterocycles. The second kappa shape index (κ2) is 8.35. The Morgan fingerprint density at radius 2 is 2.04 bits per heavy atom. The molecule has 2 amide bonds. The van der Waals surface area contributed by atoms with Crippen molar-refractivity contribution in [2.24, 2.45) is 0 Å². The van der Waals surface area contributed by atoms with Crippen molar-refractivity contribution >= 4 is 17.5 Å². The zero-order chi connectivity index (χ0) is 19.2. The molecule has 0 bridgehead atoms. The average Bonchev–Trinajstić information content (AvgIpc) is 3.41. The van der Waals surface area contributed by atoms with Gasteiger partial charge in [-0.05, 0) is 31.5 Å². The molecule has 3 heterocycles. The fraction of sp³-hybridized carbons (Fsp3) is 0.333. The van der Waals surface area contributed by atoms with E-state index >= 15 is 0 Å². The first kappa shape index (κ1) is 18.4. The molecule has 9 nitrogen and oxygen atoms in total. The third-order valence-electron chi connectivity index (χ3n) is 3.85. The first-order valence-corrected chi connectivity index (χ1v) is 8.83. The van der Waals surface area contributed by atoms with Crippen LogP contribution in [-0.4, -0.2) is 37.9 Å². The molecule has 0 saturated carbocycles. The van der Waals surface area contributed by atoms with E-state index in [4.69, 9.17) is 4.42 Å². The Morgan fingerprint density at radius 3 is 2.74 bits per heavy atom. The van der Waals surface area contributed by atoms with E-state index in [0.717, 1.165) is 6.42 Å². The lowest BCUT2D eigenvalue weighted by Crippen LogP contribution is -2.26. The molecule has 0 spiro atoms. The van der Waals surface area contributed by atoms with E-state index in [9.17, 15) is 9.59 Å². The molecule has 0 saturated heterocycles. The summed E-state index contributed by atoms with van der Waals surface area (Å²) in [6.45, 7) is 5.42. The van der Waals surface area contributed by atoms with Crippen molar-refractivity contribution in [3.8, 4) is 0 Å². The van der Waals surface area contributed by atoms with Gasteiger partial charge in [0.15, 0.2) is 11.5 Å². The summed E-state index contributed by atoms with van der Waals surface area (Å²) < 4.78 is 8.88. The highest BCUT2D eigenvalue weighted by molar-refractivity contribution is 6.07. The number of carbonyl (C=O) groups is 2. The molecule has 0 atom stereocenters. The second-order valence-corrected chi connectivity index (χ2v) is 5.93. The van der Waals surface area contributed by atoms with Crippen LogP contribution in [0.4, 0.5) is 5.69 Å². The Kier molecular flexibility index (Phi) is 5.70. The number of aromatic nitrogens is 4. The first-order valence-electron chi connectivity index (χ1n) is 8.83. The summed E-state index contributed by atoms with van der Waals surface area (Å²) in [6, 6.07) is 5.13. The molecule has 0 radical (unpaired) electrons. The average molecular weight is 370 g/mol. The summed E-state index contributed by atoms with van der Waals surface area (Å²) in [5, 5.41) is 13.8. The van der Waals surface area contributed by atoms with Crippen LogP contribution in [0.25, 0.3) is 0 Å². The molecular formula is C18H22N6O3. The van der Waals surface area contributed by atoms with Crippen molar-refractivity contribution in [3.63, 3.8) is 0 Å². The Labute approximate surface area is 156 Å². The molecule has 142 valence electrons. The van der Waals surface area contributed by atoms with E-state index in [1.54, 1.807) is 33.9 Å². The van der Waals surface area contributed by atoms with Crippen LogP contribution in [0.3, 0.4) is 0 Å². The zero-order valence-electron chi connectivity index (χ0n) is 15.3. The molecule has 0 aliphatic carbocycles. The minimum Gasteiger partial charge on any atom is -0.454 e. The monoisotopic (exact) mass is 370 g/mol. The standard InChI is InChI=1S/C18H22N6O3/c1-3-8-19-18(26)16-14(12-23(4-2)22-16)21-17(25)15-7-6-13(27-15)11-24-10-5-9-20-24/h5-7,9-10,12H,3-4,8,11H2,1-2H3,(H,19,26)(H,21,25). The molecule has 3 aromatic heterocycles. The minimum atomic E-state index is -0.443. The summed E-state index contributed by atoms with van der Waals surface area (Å²) in [5.74, 6) is -0.00425. The number of amides is 2. The molecule has 27 heavy (non-hydrogen) atoms. The van der Waals surface area contributed by atoms with Crippen LogP contribution in [0.1, 0.15) is 47.1 Å². The summed E-state index contributed by atoms with van der Waals surface area (Å²) in [4.78, 5) is 24.8. The fourth-order valence-electron chi connectivity index (χ4n) is 2.49. The maximum Gasteiger partial charge on any atom is 0.291 e. The van der Waals surface area contributed by atoms with E-state index in [1.807, 2.05) is 26.1 Å². The van der Waals surface area contributed by atoms with Crippen molar-refractivity contribution in [1.29, 1.82) is 0 Å². The lowest BCUT2D eigenvalue weighted by molar-refractivity contribution is 0.0948. The number of hydrogen-bond donors (Lipinski definition) is 2. The molecule has 0 unspecified atom stereocenters. The number of aryl methyl sites for hydroxylation is 1. The third-order valence-corrected chi connectivity index (χ3v) is 3.85. The Bertz CT molecular complexity index is 910. The number of rotatable bonds is 8. The predicted octanol–water partition coefficient (Wildman–Crippen LogP) is 2.13. The lowest BCUT2D eigenvalue weighted by Gasteiger charge is -2.04. The van der Waals surface area contributed by atoms with Crippen LogP contribution in [0.2, 0.25) is 0 Å². The number of nitrogens with one attached hydrogen (secondary N) is 2. The highest BCUT2D eigenvalue weighted by Gasteiger charge is 2.20. The van der Waals surface area contributed by atoms with Gasteiger partial charge in [0.2, 0.25) is 0 Å². The van der Waals surface area contributed by atoms with Gasteiger partial charge in [-0.2, -0.15) is 10.2 Å². The summed E-state index contributed by atoms with van der Waals surface area (Å²) in [5.41, 5.74) is 0.530. The van der Waals surface area contributed by atoms with Crippen molar-refractivity contribution < 1.29 is 14.0 Å². The molecule has 0 fully saturated rings. The number of nitrogens with zero attached hydrogens (tertiary/aromatic N) is 4. The normalized spacial score (nSPS) is 10.7. The van der Waals surface area contributed by atoms with Gasteiger partial charge in [0, 0.05) is 31.7 Å². The van der Waals surface area contributed by atoms with Gasteiger partial charge in [-0.3, -0.25) is 19.0 Å². The van der Waals surface area contributed by atoms with Gasteiger partial charge in [0.05, 0.1) is 12.2 Å². The van der Waals surface area contributed by atoms with Crippen molar-refractivity contribution in [2.45, 2.75) is 33.4 Å². The Balaban J connectivity index is 1.72. The molecule has 0 aromatic carbocycles. The molecule has 3 aromatic rings. The van der Waals surface area contributed by atoms with E-state index in [2.05, 4.69) is 20.8 Å². The Morgan fingerprint density at radius 1 is 1.19 bits per heavy atom. The summed E-state index contributed by atoms with van der Waals surface area (Å²) in [7, 11) is 0. The number of hydrogen-bond acceptors (Lipinski definition) is 5. The van der Waals surface area contributed by atoms with Crippen LogP contribution < -0.4 is 10.6 Å². The molecule has 0 aliphatic rings. The van der Waals surface area contributed by atoms with Crippen LogP contribution in [0, 0.1) is 0 Å². The smallest absolute Gasteiger partial charge is 0.291 e. The largest absolute Gasteiger partial charge is 0.454 e. The van der Waals surface area contributed by atoms with Crippen LogP contribution in [0.5, 0.6) is 0 Å².